The molecule has 0 heterocycles. The van der Waals surface area contributed by atoms with Gasteiger partial charge in [-0.25, -0.2) is 4.79 Å². The zero-order valence-corrected chi connectivity index (χ0v) is 11.8. The first-order valence-corrected chi connectivity index (χ1v) is 6.09. The quantitative estimate of drug-likeness (QED) is 0.501. The molecule has 19 heavy (non-hydrogen) atoms. The Kier molecular flexibility index (Phi) is 5.51. The number of nitrogens with zero attached hydrogens (tertiary/aromatic N) is 2. The number of aryl methyl sites for hydroxylation is 1. The van der Waals surface area contributed by atoms with E-state index in [1.54, 1.807) is 6.07 Å². The van der Waals surface area contributed by atoms with E-state index in [0.29, 0.717) is 17.7 Å². The number of phenolic OH excluding ortho intramolecular Hbond substituents is 1. The predicted octanol–water partition coefficient (Wildman–Crippen LogP) is 1.92. The number of benzene rings is 1. The number of oxime groups is 1. The van der Waals surface area contributed by atoms with Crippen molar-refractivity contribution in [2.24, 2.45) is 5.16 Å². The molecule has 0 saturated heterocycles. The van der Waals surface area contributed by atoms with E-state index in [-0.39, 0.29) is 5.75 Å². The molecule has 0 aromatic heterocycles. The molecule has 0 amide bonds. The third-order valence-corrected chi connectivity index (χ3v) is 2.54. The Morgan fingerprint density at radius 3 is 2.68 bits per heavy atom. The monoisotopic (exact) mass is 264 g/mol. The Labute approximate surface area is 113 Å². The van der Waals surface area contributed by atoms with Gasteiger partial charge in [-0.2, -0.15) is 0 Å². The van der Waals surface area contributed by atoms with Gasteiger partial charge in [0.2, 0.25) is 0 Å². The molecule has 1 N–H and O–H groups in total. The van der Waals surface area contributed by atoms with Gasteiger partial charge in [0, 0.05) is 25.5 Å². The summed E-state index contributed by atoms with van der Waals surface area (Å²) in [6.07, 6.45) is 0.581. The van der Waals surface area contributed by atoms with Crippen LogP contribution in [0.15, 0.2) is 23.4 Å². The van der Waals surface area contributed by atoms with Gasteiger partial charge < -0.3 is 14.8 Å². The number of carbonyl (C=O) groups is 1. The highest BCUT2D eigenvalue weighted by molar-refractivity contribution is 6.03. The van der Waals surface area contributed by atoms with Crippen LogP contribution in [0.25, 0.3) is 0 Å². The normalized spacial score (nSPS) is 11.7. The molecule has 1 aromatic rings. The van der Waals surface area contributed by atoms with Crippen LogP contribution in [0.4, 0.5) is 0 Å². The molecule has 0 aliphatic carbocycles. The standard InChI is InChI=1S/C14H20N2O3/c1-10-5-6-14(18)12(9-10)13(7-8-16(3)4)15-19-11(2)17/h5-6,9,18H,7-8H2,1-4H3/b15-13-. The Balaban J connectivity index is 3.03. The van der Waals surface area contributed by atoms with Gasteiger partial charge >= 0.3 is 5.97 Å². The van der Waals surface area contributed by atoms with Crippen molar-refractivity contribution in [3.8, 4) is 5.75 Å². The van der Waals surface area contributed by atoms with Crippen molar-refractivity contribution in [1.29, 1.82) is 0 Å². The van der Waals surface area contributed by atoms with Crippen molar-refractivity contribution in [1.82, 2.24) is 4.90 Å². The second-order valence-electron chi connectivity index (χ2n) is 4.69. The highest BCUT2D eigenvalue weighted by Crippen LogP contribution is 2.20. The second kappa shape index (κ2) is 6.89. The first-order chi connectivity index (χ1) is 8.90. The van der Waals surface area contributed by atoms with E-state index in [4.69, 9.17) is 4.84 Å². The molecular weight excluding hydrogens is 244 g/mol. The second-order valence-corrected chi connectivity index (χ2v) is 4.69. The zero-order valence-electron chi connectivity index (χ0n) is 11.8. The summed E-state index contributed by atoms with van der Waals surface area (Å²) in [6, 6.07) is 5.26. The Morgan fingerprint density at radius 2 is 2.11 bits per heavy atom. The average molecular weight is 264 g/mol. The first kappa shape index (κ1) is 15.2. The minimum atomic E-state index is -0.477. The van der Waals surface area contributed by atoms with Gasteiger partial charge in [0.25, 0.3) is 0 Å². The molecule has 0 radical (unpaired) electrons. The van der Waals surface area contributed by atoms with Crippen molar-refractivity contribution in [3.05, 3.63) is 29.3 Å². The summed E-state index contributed by atoms with van der Waals surface area (Å²) < 4.78 is 0. The average Bonchev–Trinajstić information content (AvgIpc) is 2.32. The fourth-order valence-corrected chi connectivity index (χ4v) is 1.56. The Morgan fingerprint density at radius 1 is 1.42 bits per heavy atom. The van der Waals surface area contributed by atoms with Gasteiger partial charge in [0.05, 0.1) is 5.71 Å². The Hall–Kier alpha value is -1.88. The van der Waals surface area contributed by atoms with E-state index < -0.39 is 5.97 Å². The fraction of sp³-hybridized carbons (Fsp3) is 0.429. The van der Waals surface area contributed by atoms with Gasteiger partial charge in [-0.05, 0) is 33.2 Å². The molecular formula is C14H20N2O3. The van der Waals surface area contributed by atoms with Crippen molar-refractivity contribution in [2.45, 2.75) is 20.3 Å². The van der Waals surface area contributed by atoms with E-state index in [1.165, 1.54) is 6.92 Å². The molecule has 104 valence electrons. The number of phenols is 1. The van der Waals surface area contributed by atoms with E-state index >= 15 is 0 Å². The third kappa shape index (κ3) is 5.09. The van der Waals surface area contributed by atoms with Crippen molar-refractivity contribution >= 4 is 11.7 Å². The topological polar surface area (TPSA) is 62.1 Å². The lowest BCUT2D eigenvalue weighted by atomic mass is 10.0. The maximum atomic E-state index is 10.9. The molecule has 0 aliphatic heterocycles. The summed E-state index contributed by atoms with van der Waals surface area (Å²) in [5.74, 6) is -0.343. The molecule has 1 rings (SSSR count). The number of carbonyl (C=O) groups excluding carboxylic acids is 1. The summed E-state index contributed by atoms with van der Waals surface area (Å²) in [4.78, 5) is 17.6. The number of hydrogen-bond donors (Lipinski definition) is 1. The SMILES string of the molecule is CC(=O)O/N=C(/CCN(C)C)c1cc(C)ccc1O. The van der Waals surface area contributed by atoms with Gasteiger partial charge in [0.15, 0.2) is 0 Å². The Bertz CT molecular complexity index is 482. The van der Waals surface area contributed by atoms with Gasteiger partial charge in [-0.15, -0.1) is 0 Å². The van der Waals surface area contributed by atoms with Gasteiger partial charge in [0.1, 0.15) is 5.75 Å². The van der Waals surface area contributed by atoms with Gasteiger partial charge in [-0.1, -0.05) is 16.8 Å². The van der Waals surface area contributed by atoms with Crippen LogP contribution in [0, 0.1) is 6.92 Å². The lowest BCUT2D eigenvalue weighted by molar-refractivity contribution is -0.140. The van der Waals surface area contributed by atoms with E-state index in [0.717, 1.165) is 12.1 Å². The summed E-state index contributed by atoms with van der Waals surface area (Å²) in [5, 5.41) is 13.7. The van der Waals surface area contributed by atoms with Crippen LogP contribution in [0.2, 0.25) is 0 Å². The molecule has 0 bridgehead atoms. The van der Waals surface area contributed by atoms with Crippen LogP contribution in [-0.4, -0.2) is 42.3 Å². The smallest absolute Gasteiger partial charge is 0.331 e. The third-order valence-electron chi connectivity index (χ3n) is 2.54. The molecule has 5 nitrogen and oxygen atoms in total. The minimum absolute atomic E-state index is 0.134. The molecule has 0 aliphatic rings. The number of aromatic hydroxyl groups is 1. The minimum Gasteiger partial charge on any atom is -0.507 e. The van der Waals surface area contributed by atoms with Crippen LogP contribution in [0.5, 0.6) is 5.75 Å². The predicted molar refractivity (Wildman–Crippen MR) is 74.3 cm³/mol. The zero-order chi connectivity index (χ0) is 14.4. The molecule has 0 saturated carbocycles. The molecule has 0 unspecified atom stereocenters. The molecule has 0 spiro atoms. The number of rotatable bonds is 5. The lowest BCUT2D eigenvalue weighted by Gasteiger charge is -2.12. The van der Waals surface area contributed by atoms with Crippen molar-refractivity contribution in [3.63, 3.8) is 0 Å². The summed E-state index contributed by atoms with van der Waals surface area (Å²) in [5.41, 5.74) is 2.17. The van der Waals surface area contributed by atoms with Crippen molar-refractivity contribution in [2.75, 3.05) is 20.6 Å². The highest BCUT2D eigenvalue weighted by Gasteiger charge is 2.11. The summed E-state index contributed by atoms with van der Waals surface area (Å²) >= 11 is 0. The highest BCUT2D eigenvalue weighted by atomic mass is 16.7. The van der Waals surface area contributed by atoms with Crippen LogP contribution in [0.3, 0.4) is 0 Å². The van der Waals surface area contributed by atoms with Crippen molar-refractivity contribution < 1.29 is 14.7 Å². The maximum Gasteiger partial charge on any atom is 0.331 e. The van der Waals surface area contributed by atoms with E-state index in [1.807, 2.05) is 38.1 Å². The molecule has 0 atom stereocenters. The van der Waals surface area contributed by atoms with Gasteiger partial charge in [-0.3, -0.25) is 0 Å². The fourth-order valence-electron chi connectivity index (χ4n) is 1.56. The van der Waals surface area contributed by atoms with E-state index in [9.17, 15) is 9.90 Å². The largest absolute Gasteiger partial charge is 0.507 e. The van der Waals surface area contributed by atoms with Crippen LogP contribution in [0.1, 0.15) is 24.5 Å². The maximum absolute atomic E-state index is 10.9. The molecule has 5 heteroatoms. The molecule has 0 fully saturated rings. The lowest BCUT2D eigenvalue weighted by Crippen LogP contribution is -2.18. The van der Waals surface area contributed by atoms with Crippen LogP contribution in [-0.2, 0) is 9.63 Å². The number of hydrogen-bond acceptors (Lipinski definition) is 5. The van der Waals surface area contributed by atoms with E-state index in [2.05, 4.69) is 5.16 Å². The first-order valence-electron chi connectivity index (χ1n) is 6.09. The van der Waals surface area contributed by atoms with Crippen LogP contribution < -0.4 is 0 Å². The molecule has 1 aromatic carbocycles. The summed E-state index contributed by atoms with van der Waals surface area (Å²) in [7, 11) is 3.89. The summed E-state index contributed by atoms with van der Waals surface area (Å²) in [6.45, 7) is 3.97. The van der Waals surface area contributed by atoms with Crippen LogP contribution >= 0.6 is 0 Å².